The number of methoxy groups -OCH3 is 2. The molecule has 1 aliphatic rings. The molecule has 2 aromatic carbocycles. The molecule has 0 spiro atoms. The molecular formula is C25H26F3N3O3. The number of nitrogens with zero attached hydrogens (tertiary/aromatic N) is 2. The number of ether oxygens (including phenoxy) is 2. The summed E-state index contributed by atoms with van der Waals surface area (Å²) < 4.78 is 51.5. The van der Waals surface area contributed by atoms with Crippen molar-refractivity contribution in [1.29, 1.82) is 0 Å². The van der Waals surface area contributed by atoms with Crippen LogP contribution in [0.4, 0.5) is 24.5 Å². The van der Waals surface area contributed by atoms with Crippen LogP contribution in [0.25, 0.3) is 10.9 Å². The number of carbonyl (C=O) groups is 1. The number of esters is 1. The molecule has 1 aromatic heterocycles. The molecule has 1 saturated heterocycles. The first kappa shape index (κ1) is 23.7. The fourth-order valence-corrected chi connectivity index (χ4v) is 4.42. The van der Waals surface area contributed by atoms with Gasteiger partial charge in [-0.15, -0.1) is 0 Å². The number of fused-ring (bicyclic) bond motifs is 1. The van der Waals surface area contributed by atoms with Crippen LogP contribution in [0.5, 0.6) is 5.75 Å². The summed E-state index contributed by atoms with van der Waals surface area (Å²) in [6.07, 6.45) is -1.28. The van der Waals surface area contributed by atoms with Gasteiger partial charge in [0.15, 0.2) is 0 Å². The maximum atomic E-state index is 14.7. The van der Waals surface area contributed by atoms with Crippen molar-refractivity contribution in [2.45, 2.75) is 26.3 Å². The van der Waals surface area contributed by atoms with Crippen LogP contribution >= 0.6 is 0 Å². The van der Waals surface area contributed by atoms with Gasteiger partial charge in [-0.1, -0.05) is 18.2 Å². The van der Waals surface area contributed by atoms with E-state index in [4.69, 9.17) is 9.47 Å². The molecule has 9 heteroatoms. The molecule has 34 heavy (non-hydrogen) atoms. The largest absolute Gasteiger partial charge is 0.495 e. The first-order chi connectivity index (χ1) is 16.2. The smallest absolute Gasteiger partial charge is 0.315 e. The molecule has 2 heterocycles. The van der Waals surface area contributed by atoms with Crippen molar-refractivity contribution in [1.82, 2.24) is 4.98 Å². The second-order valence-corrected chi connectivity index (χ2v) is 8.73. The Morgan fingerprint density at radius 2 is 1.88 bits per heavy atom. The highest BCUT2D eigenvalue weighted by Crippen LogP contribution is 2.42. The highest BCUT2D eigenvalue weighted by molar-refractivity contribution is 5.96. The lowest BCUT2D eigenvalue weighted by molar-refractivity contribution is -0.153. The minimum atomic E-state index is -2.89. The van der Waals surface area contributed by atoms with E-state index in [2.05, 4.69) is 10.3 Å². The number of rotatable bonds is 7. The number of carbonyl (C=O) groups excluding carboxylic acids is 1. The van der Waals surface area contributed by atoms with Gasteiger partial charge in [-0.3, -0.25) is 9.78 Å². The Labute approximate surface area is 195 Å². The summed E-state index contributed by atoms with van der Waals surface area (Å²) >= 11 is 0. The lowest BCUT2D eigenvalue weighted by atomic mass is 9.81. The summed E-state index contributed by atoms with van der Waals surface area (Å²) in [5, 5.41) is 3.99. The van der Waals surface area contributed by atoms with Gasteiger partial charge >= 0.3 is 5.97 Å². The Morgan fingerprint density at radius 1 is 1.18 bits per heavy atom. The molecule has 6 nitrogen and oxygen atoms in total. The Kier molecular flexibility index (Phi) is 6.29. The van der Waals surface area contributed by atoms with Crippen molar-refractivity contribution in [3.63, 3.8) is 0 Å². The van der Waals surface area contributed by atoms with Gasteiger partial charge in [-0.25, -0.2) is 13.2 Å². The third kappa shape index (κ3) is 4.10. The molecule has 0 radical (unpaired) electrons. The number of benzene rings is 2. The summed E-state index contributed by atoms with van der Waals surface area (Å²) in [5.41, 5.74) is 1.02. The van der Waals surface area contributed by atoms with Crippen molar-refractivity contribution in [2.24, 2.45) is 5.41 Å². The first-order valence-corrected chi connectivity index (χ1v) is 10.8. The van der Waals surface area contributed by atoms with Crippen molar-refractivity contribution < 1.29 is 27.4 Å². The highest BCUT2D eigenvalue weighted by Gasteiger charge is 2.47. The molecule has 0 unspecified atom stereocenters. The number of hydrogen-bond donors (Lipinski definition) is 1. The van der Waals surface area contributed by atoms with Gasteiger partial charge in [0.1, 0.15) is 11.6 Å². The van der Waals surface area contributed by atoms with Crippen LogP contribution in [-0.4, -0.2) is 38.3 Å². The van der Waals surface area contributed by atoms with Crippen LogP contribution in [0.15, 0.2) is 42.6 Å². The number of hydrogen-bond acceptors (Lipinski definition) is 6. The van der Waals surface area contributed by atoms with E-state index in [9.17, 15) is 18.0 Å². The van der Waals surface area contributed by atoms with Gasteiger partial charge in [0, 0.05) is 42.0 Å². The van der Waals surface area contributed by atoms with E-state index >= 15 is 0 Å². The summed E-state index contributed by atoms with van der Waals surface area (Å²) in [4.78, 5) is 18.5. The summed E-state index contributed by atoms with van der Waals surface area (Å²) in [6.45, 7) is 4.49. The number of aromatic nitrogens is 1. The molecule has 180 valence electrons. The van der Waals surface area contributed by atoms with Crippen LogP contribution in [0, 0.1) is 11.2 Å². The second-order valence-electron chi connectivity index (χ2n) is 8.73. The van der Waals surface area contributed by atoms with Crippen LogP contribution < -0.4 is 15.0 Å². The summed E-state index contributed by atoms with van der Waals surface area (Å²) in [6, 6.07) is 8.87. The Morgan fingerprint density at radius 3 is 2.53 bits per heavy atom. The number of nitrogens with one attached hydrogen (secondary N) is 1. The van der Waals surface area contributed by atoms with Gasteiger partial charge in [-0.2, -0.15) is 0 Å². The molecule has 1 aliphatic heterocycles. The third-order valence-electron chi connectivity index (χ3n) is 6.27. The number of anilines is 2. The molecule has 0 amide bonds. The van der Waals surface area contributed by atoms with E-state index in [0.717, 1.165) is 17.1 Å². The van der Waals surface area contributed by atoms with Crippen LogP contribution in [-0.2, 0) is 9.53 Å². The van der Waals surface area contributed by atoms with Crippen LogP contribution in [0.3, 0.4) is 0 Å². The van der Waals surface area contributed by atoms with Crippen LogP contribution in [0.2, 0.25) is 0 Å². The minimum Gasteiger partial charge on any atom is -0.495 e. The Balaban J connectivity index is 1.68. The zero-order chi connectivity index (χ0) is 24.6. The molecule has 3 aromatic rings. The number of halogens is 3. The standard InChI is InChI=1S/C25H26F3N3O3/c1-14(15-6-5-7-16(22(15)26)23(27)28)30-18-8-9-29-19-11-21(33-3)20(10-17(18)19)31-12-25(2,13-31)24(32)34-4/h5-11,14,23H,12-13H2,1-4H3,(H,29,30)/t14-/m1/s1. The summed E-state index contributed by atoms with van der Waals surface area (Å²) in [7, 11) is 2.93. The highest BCUT2D eigenvalue weighted by atomic mass is 19.3. The topological polar surface area (TPSA) is 63.7 Å². The van der Waals surface area contributed by atoms with E-state index in [0.29, 0.717) is 30.0 Å². The van der Waals surface area contributed by atoms with Gasteiger partial charge in [0.05, 0.1) is 42.4 Å². The van der Waals surface area contributed by atoms with E-state index in [-0.39, 0.29) is 11.5 Å². The molecule has 1 atom stereocenters. The van der Waals surface area contributed by atoms with E-state index in [1.54, 1.807) is 32.4 Å². The normalized spacial score (nSPS) is 15.7. The molecular weight excluding hydrogens is 447 g/mol. The average molecular weight is 473 g/mol. The van der Waals surface area contributed by atoms with Gasteiger partial charge in [0.2, 0.25) is 0 Å². The number of alkyl halides is 2. The maximum Gasteiger partial charge on any atom is 0.315 e. The van der Waals surface area contributed by atoms with E-state index in [1.807, 2.05) is 17.9 Å². The Hall–Kier alpha value is -3.49. The lowest BCUT2D eigenvalue weighted by Crippen LogP contribution is -2.59. The minimum absolute atomic E-state index is 0.146. The molecule has 0 aliphatic carbocycles. The zero-order valence-corrected chi connectivity index (χ0v) is 19.4. The molecule has 4 rings (SSSR count). The monoisotopic (exact) mass is 473 g/mol. The van der Waals surface area contributed by atoms with E-state index in [1.165, 1.54) is 19.2 Å². The Bertz CT molecular complexity index is 1230. The second kappa shape index (κ2) is 9.04. The zero-order valence-electron chi connectivity index (χ0n) is 19.4. The van der Waals surface area contributed by atoms with Crippen molar-refractivity contribution in [2.75, 3.05) is 37.5 Å². The van der Waals surface area contributed by atoms with Gasteiger partial charge in [0.25, 0.3) is 6.43 Å². The van der Waals surface area contributed by atoms with Crippen molar-refractivity contribution >= 4 is 28.2 Å². The van der Waals surface area contributed by atoms with Gasteiger partial charge < -0.3 is 19.7 Å². The predicted octanol–water partition coefficient (Wildman–Crippen LogP) is 5.49. The molecule has 1 N–H and O–H groups in total. The predicted molar refractivity (Wildman–Crippen MR) is 124 cm³/mol. The maximum absolute atomic E-state index is 14.7. The third-order valence-corrected chi connectivity index (χ3v) is 6.27. The van der Waals surface area contributed by atoms with Crippen molar-refractivity contribution in [3.8, 4) is 5.75 Å². The summed E-state index contributed by atoms with van der Waals surface area (Å²) in [5.74, 6) is -0.580. The van der Waals surface area contributed by atoms with E-state index < -0.39 is 29.3 Å². The molecule has 0 saturated carbocycles. The van der Waals surface area contributed by atoms with Crippen molar-refractivity contribution in [3.05, 3.63) is 59.5 Å². The lowest BCUT2D eigenvalue weighted by Gasteiger charge is -2.47. The SMILES string of the molecule is COC(=O)C1(C)CN(c2cc3c(N[C@H](C)c4cccc(C(F)F)c4F)ccnc3cc2OC)C1. The fourth-order valence-electron chi connectivity index (χ4n) is 4.42. The first-order valence-electron chi connectivity index (χ1n) is 10.8. The molecule has 0 bridgehead atoms. The average Bonchev–Trinajstić information content (AvgIpc) is 2.80. The molecule has 1 fully saturated rings. The fraction of sp³-hybridized carbons (Fsp3) is 0.360. The van der Waals surface area contributed by atoms with Gasteiger partial charge in [-0.05, 0) is 26.0 Å². The quantitative estimate of drug-likeness (QED) is 0.458. The number of pyridine rings is 1. The van der Waals surface area contributed by atoms with Crippen LogP contribution in [0.1, 0.15) is 37.4 Å².